The third-order valence-corrected chi connectivity index (χ3v) is 7.16. The monoisotopic (exact) mass is 525 g/mol. The summed E-state index contributed by atoms with van der Waals surface area (Å²) in [6, 6.07) is 20.9. The van der Waals surface area contributed by atoms with Crippen LogP contribution in [0.3, 0.4) is 0 Å². The zero-order valence-corrected chi connectivity index (χ0v) is 22.0. The van der Waals surface area contributed by atoms with Crippen molar-refractivity contribution in [3.05, 3.63) is 101 Å². The van der Waals surface area contributed by atoms with Gasteiger partial charge in [-0.05, 0) is 54.8 Å². The predicted molar refractivity (Wildman–Crippen MR) is 143 cm³/mol. The Morgan fingerprint density at radius 2 is 1.57 bits per heavy atom. The van der Waals surface area contributed by atoms with Gasteiger partial charge in [-0.1, -0.05) is 54.6 Å². The third kappa shape index (κ3) is 7.63. The summed E-state index contributed by atoms with van der Waals surface area (Å²) in [5, 5.41) is 2.82. The Balaban J connectivity index is 2.04. The number of halogens is 1. The van der Waals surface area contributed by atoms with Gasteiger partial charge < -0.3 is 10.2 Å². The summed E-state index contributed by atoms with van der Waals surface area (Å²) in [5.41, 5.74) is 2.80. The van der Waals surface area contributed by atoms with Gasteiger partial charge in [0.25, 0.3) is 0 Å². The minimum Gasteiger partial charge on any atom is -0.355 e. The van der Waals surface area contributed by atoms with Gasteiger partial charge in [0.1, 0.15) is 18.4 Å². The number of nitrogens with zero attached hydrogens (tertiary/aromatic N) is 2. The van der Waals surface area contributed by atoms with Gasteiger partial charge in [-0.3, -0.25) is 13.9 Å². The van der Waals surface area contributed by atoms with Crippen LogP contribution in [0.4, 0.5) is 10.1 Å². The molecular formula is C28H32FN3O4S. The van der Waals surface area contributed by atoms with Crippen LogP contribution in [0.1, 0.15) is 23.6 Å². The molecule has 0 aromatic heterocycles. The number of hydrogen-bond acceptors (Lipinski definition) is 4. The van der Waals surface area contributed by atoms with Crippen molar-refractivity contribution in [2.75, 3.05) is 23.7 Å². The molecule has 0 heterocycles. The van der Waals surface area contributed by atoms with Gasteiger partial charge in [0.15, 0.2) is 0 Å². The van der Waals surface area contributed by atoms with Crippen LogP contribution in [0, 0.1) is 12.7 Å². The Bertz CT molecular complexity index is 1310. The normalized spacial score (nSPS) is 12.0. The molecule has 0 unspecified atom stereocenters. The molecule has 0 aliphatic rings. The molecule has 1 atom stereocenters. The molecule has 0 fully saturated rings. The molecule has 1 N–H and O–H groups in total. The van der Waals surface area contributed by atoms with E-state index in [9.17, 15) is 22.4 Å². The maximum atomic E-state index is 13.9. The first-order chi connectivity index (χ1) is 17.6. The largest absolute Gasteiger partial charge is 0.355 e. The van der Waals surface area contributed by atoms with E-state index in [1.54, 1.807) is 6.92 Å². The average molecular weight is 526 g/mol. The topological polar surface area (TPSA) is 86.8 Å². The van der Waals surface area contributed by atoms with E-state index in [4.69, 9.17) is 0 Å². The predicted octanol–water partition coefficient (Wildman–Crippen LogP) is 3.68. The molecule has 0 spiro atoms. The number of carbonyl (C=O) groups excluding carboxylic acids is 2. The minimum atomic E-state index is -3.89. The fourth-order valence-electron chi connectivity index (χ4n) is 4.04. The number of rotatable bonds is 11. The zero-order chi connectivity index (χ0) is 27.0. The molecule has 0 saturated carbocycles. The van der Waals surface area contributed by atoms with Gasteiger partial charge in [0.2, 0.25) is 21.8 Å². The zero-order valence-electron chi connectivity index (χ0n) is 21.2. The maximum absolute atomic E-state index is 13.9. The highest BCUT2D eigenvalue weighted by atomic mass is 32.2. The molecule has 0 bridgehead atoms. The second kappa shape index (κ2) is 12.5. The highest BCUT2D eigenvalue weighted by molar-refractivity contribution is 7.92. The average Bonchev–Trinajstić information content (AvgIpc) is 2.86. The summed E-state index contributed by atoms with van der Waals surface area (Å²) in [7, 11) is -3.89. The van der Waals surface area contributed by atoms with Crippen molar-refractivity contribution in [1.82, 2.24) is 10.2 Å². The number of hydrogen-bond donors (Lipinski definition) is 1. The van der Waals surface area contributed by atoms with Crippen LogP contribution in [0.5, 0.6) is 0 Å². The number of carbonyl (C=O) groups is 2. The molecule has 196 valence electrons. The molecule has 3 aromatic rings. The van der Waals surface area contributed by atoms with Crippen molar-refractivity contribution in [3.63, 3.8) is 0 Å². The number of nitrogens with one attached hydrogen (secondary N) is 1. The van der Waals surface area contributed by atoms with E-state index in [1.165, 1.54) is 17.0 Å². The molecule has 37 heavy (non-hydrogen) atoms. The molecule has 0 aliphatic carbocycles. The number of benzene rings is 3. The quantitative estimate of drug-likeness (QED) is 0.414. The van der Waals surface area contributed by atoms with Gasteiger partial charge >= 0.3 is 0 Å². The van der Waals surface area contributed by atoms with E-state index < -0.39 is 34.3 Å². The third-order valence-electron chi connectivity index (χ3n) is 6.02. The lowest BCUT2D eigenvalue weighted by molar-refractivity contribution is -0.140. The summed E-state index contributed by atoms with van der Waals surface area (Å²) >= 11 is 0. The highest BCUT2D eigenvalue weighted by Crippen LogP contribution is 2.21. The molecular weight excluding hydrogens is 493 g/mol. The summed E-state index contributed by atoms with van der Waals surface area (Å²) < 4.78 is 39.8. The van der Waals surface area contributed by atoms with E-state index in [-0.39, 0.29) is 24.6 Å². The Morgan fingerprint density at radius 1 is 0.946 bits per heavy atom. The molecule has 0 radical (unpaired) electrons. The Morgan fingerprint density at radius 3 is 2.16 bits per heavy atom. The second-order valence-electron chi connectivity index (χ2n) is 8.79. The number of likely N-dealkylation sites (N-methyl/N-ethyl adjacent to an activating group) is 1. The van der Waals surface area contributed by atoms with E-state index in [2.05, 4.69) is 5.32 Å². The van der Waals surface area contributed by atoms with E-state index in [0.29, 0.717) is 6.54 Å². The first-order valence-corrected chi connectivity index (χ1v) is 13.8. The molecule has 9 heteroatoms. The number of aryl methyl sites for hydroxylation is 1. The smallest absolute Gasteiger partial charge is 0.244 e. The van der Waals surface area contributed by atoms with Crippen LogP contribution in [-0.2, 0) is 32.6 Å². The molecule has 0 aliphatic heterocycles. The van der Waals surface area contributed by atoms with Gasteiger partial charge in [-0.2, -0.15) is 0 Å². The number of anilines is 1. The van der Waals surface area contributed by atoms with Crippen LogP contribution in [0.15, 0.2) is 78.9 Å². The molecule has 3 aromatic carbocycles. The standard InChI is InChI=1S/C28H32FN3O4S/c1-4-30-28(34)26(18-22-11-6-5-7-12-22)31(19-23-13-9-8-10-21(23)2)27(33)20-32(37(3,35)36)25-16-14-24(29)15-17-25/h5-17,26H,4,18-20H2,1-3H3,(H,30,34)/t26-/m0/s1. The van der Waals surface area contributed by atoms with Crippen molar-refractivity contribution >= 4 is 27.5 Å². The summed E-state index contributed by atoms with van der Waals surface area (Å²) in [5.74, 6) is -1.41. The van der Waals surface area contributed by atoms with E-state index in [1.807, 2.05) is 61.5 Å². The van der Waals surface area contributed by atoms with Crippen LogP contribution < -0.4 is 9.62 Å². The van der Waals surface area contributed by atoms with Crippen LogP contribution >= 0.6 is 0 Å². The van der Waals surface area contributed by atoms with E-state index >= 15 is 0 Å². The summed E-state index contributed by atoms with van der Waals surface area (Å²) in [4.78, 5) is 28.6. The molecule has 2 amide bonds. The lowest BCUT2D eigenvalue weighted by atomic mass is 10.0. The van der Waals surface area contributed by atoms with Crippen molar-refractivity contribution in [2.45, 2.75) is 32.9 Å². The van der Waals surface area contributed by atoms with Crippen LogP contribution in [0.2, 0.25) is 0 Å². The van der Waals surface area contributed by atoms with Crippen molar-refractivity contribution in [1.29, 1.82) is 0 Å². The van der Waals surface area contributed by atoms with Gasteiger partial charge in [0, 0.05) is 19.5 Å². The Labute approximate surface area is 218 Å². The van der Waals surface area contributed by atoms with Gasteiger partial charge in [0.05, 0.1) is 11.9 Å². The summed E-state index contributed by atoms with van der Waals surface area (Å²) in [6.45, 7) is 3.66. The lowest BCUT2D eigenvalue weighted by Crippen LogP contribution is -2.53. The fourth-order valence-corrected chi connectivity index (χ4v) is 4.89. The van der Waals surface area contributed by atoms with Crippen molar-refractivity contribution < 1.29 is 22.4 Å². The van der Waals surface area contributed by atoms with Crippen LogP contribution in [0.25, 0.3) is 0 Å². The first-order valence-electron chi connectivity index (χ1n) is 12.0. The van der Waals surface area contributed by atoms with Gasteiger partial charge in [-0.25, -0.2) is 12.8 Å². The lowest BCUT2D eigenvalue weighted by Gasteiger charge is -2.33. The Kier molecular flexibility index (Phi) is 9.41. The highest BCUT2D eigenvalue weighted by Gasteiger charge is 2.33. The number of amides is 2. The maximum Gasteiger partial charge on any atom is 0.244 e. The SMILES string of the molecule is CCNC(=O)[C@H](Cc1ccccc1)N(Cc1ccccc1C)C(=O)CN(c1ccc(F)cc1)S(C)(=O)=O. The minimum absolute atomic E-state index is 0.112. The Hall–Kier alpha value is -3.72. The van der Waals surface area contributed by atoms with Gasteiger partial charge in [-0.15, -0.1) is 0 Å². The second-order valence-corrected chi connectivity index (χ2v) is 10.7. The molecule has 7 nitrogen and oxygen atoms in total. The van der Waals surface area contributed by atoms with E-state index in [0.717, 1.165) is 39.4 Å². The summed E-state index contributed by atoms with van der Waals surface area (Å²) in [6.07, 6.45) is 1.24. The number of sulfonamides is 1. The first kappa shape index (κ1) is 27.9. The fraction of sp³-hybridized carbons (Fsp3) is 0.286. The molecule has 0 saturated heterocycles. The van der Waals surface area contributed by atoms with Crippen molar-refractivity contribution in [2.24, 2.45) is 0 Å². The van der Waals surface area contributed by atoms with Crippen molar-refractivity contribution in [3.8, 4) is 0 Å². The molecule has 3 rings (SSSR count). The van der Waals surface area contributed by atoms with Crippen LogP contribution in [-0.4, -0.2) is 50.5 Å².